The molecule has 14 heavy (non-hydrogen) atoms. The molecule has 0 spiro atoms. The summed E-state index contributed by atoms with van der Waals surface area (Å²) in [7, 11) is 4.17. The lowest BCUT2D eigenvalue weighted by atomic mass is 10.3. The lowest BCUT2D eigenvalue weighted by Gasteiger charge is -2.11. The van der Waals surface area contributed by atoms with E-state index in [9.17, 15) is 0 Å². The Balaban J connectivity index is 2.42. The molecule has 3 heteroatoms. The highest BCUT2D eigenvalue weighted by atomic mass is 32.2. The maximum Gasteiger partial charge on any atom is 0.0351 e. The Hall–Kier alpha value is -0.670. The Morgan fingerprint density at radius 2 is 2.14 bits per heavy atom. The quantitative estimate of drug-likeness (QED) is 0.751. The van der Waals surface area contributed by atoms with Crippen LogP contribution in [0.5, 0.6) is 0 Å². The van der Waals surface area contributed by atoms with Crippen LogP contribution >= 0.6 is 11.8 Å². The van der Waals surface area contributed by atoms with E-state index >= 15 is 0 Å². The average molecular weight is 210 g/mol. The SMILES string of the molecule is CSc1cccc(NCCN(C)C)c1. The van der Waals surface area contributed by atoms with E-state index < -0.39 is 0 Å². The van der Waals surface area contributed by atoms with Crippen LogP contribution in [-0.4, -0.2) is 38.3 Å². The van der Waals surface area contributed by atoms with Crippen LogP contribution in [0.1, 0.15) is 0 Å². The van der Waals surface area contributed by atoms with Gasteiger partial charge in [0.05, 0.1) is 0 Å². The third-order valence-corrected chi connectivity index (χ3v) is 2.68. The minimum Gasteiger partial charge on any atom is -0.384 e. The van der Waals surface area contributed by atoms with Crippen LogP contribution in [0.25, 0.3) is 0 Å². The predicted octanol–water partition coefficient (Wildman–Crippen LogP) is 2.38. The molecule has 0 aliphatic rings. The minimum absolute atomic E-state index is 0.991. The maximum absolute atomic E-state index is 3.40. The Kier molecular flexibility index (Phi) is 4.84. The van der Waals surface area contributed by atoms with Crippen LogP contribution in [0, 0.1) is 0 Å². The highest BCUT2D eigenvalue weighted by Crippen LogP contribution is 2.18. The fourth-order valence-corrected chi connectivity index (χ4v) is 1.62. The van der Waals surface area contributed by atoms with Crippen molar-refractivity contribution in [3.8, 4) is 0 Å². The molecular weight excluding hydrogens is 192 g/mol. The molecule has 0 amide bonds. The molecule has 1 rings (SSSR count). The number of hydrogen-bond donors (Lipinski definition) is 1. The van der Waals surface area contributed by atoms with E-state index in [0.29, 0.717) is 0 Å². The highest BCUT2D eigenvalue weighted by molar-refractivity contribution is 7.98. The van der Waals surface area contributed by atoms with Crippen LogP contribution < -0.4 is 5.32 Å². The molecule has 0 unspecified atom stereocenters. The van der Waals surface area contributed by atoms with Gasteiger partial charge in [0.25, 0.3) is 0 Å². The predicted molar refractivity (Wildman–Crippen MR) is 65.3 cm³/mol. The molecule has 0 saturated carbocycles. The maximum atomic E-state index is 3.40. The normalized spacial score (nSPS) is 10.6. The number of nitrogens with one attached hydrogen (secondary N) is 1. The van der Waals surface area contributed by atoms with Gasteiger partial charge in [0.1, 0.15) is 0 Å². The van der Waals surface area contributed by atoms with E-state index in [2.05, 4.69) is 54.8 Å². The number of benzene rings is 1. The standard InChI is InChI=1S/C11H18N2S/c1-13(2)8-7-12-10-5-4-6-11(9-10)14-3/h4-6,9,12H,7-8H2,1-3H3. The smallest absolute Gasteiger partial charge is 0.0351 e. The van der Waals surface area contributed by atoms with Crippen molar-refractivity contribution >= 4 is 17.4 Å². The molecular formula is C11H18N2S. The first kappa shape index (κ1) is 11.4. The summed E-state index contributed by atoms with van der Waals surface area (Å²) >= 11 is 1.77. The molecule has 0 heterocycles. The summed E-state index contributed by atoms with van der Waals surface area (Å²) in [6.07, 6.45) is 2.10. The molecule has 0 bridgehead atoms. The Morgan fingerprint density at radius 3 is 2.79 bits per heavy atom. The molecule has 0 aromatic heterocycles. The van der Waals surface area contributed by atoms with E-state index in [1.54, 1.807) is 11.8 Å². The Bertz CT molecular complexity index is 274. The lowest BCUT2D eigenvalue weighted by molar-refractivity contribution is 0.425. The molecule has 78 valence electrons. The monoisotopic (exact) mass is 210 g/mol. The zero-order valence-corrected chi connectivity index (χ0v) is 9.90. The number of anilines is 1. The van der Waals surface area contributed by atoms with Crippen molar-refractivity contribution in [2.24, 2.45) is 0 Å². The third kappa shape index (κ3) is 4.03. The summed E-state index contributed by atoms with van der Waals surface area (Å²) in [5.41, 5.74) is 1.21. The number of likely N-dealkylation sites (N-methyl/N-ethyl adjacent to an activating group) is 1. The minimum atomic E-state index is 0.991. The third-order valence-electron chi connectivity index (χ3n) is 1.96. The summed E-state index contributed by atoms with van der Waals surface area (Å²) in [6.45, 7) is 2.05. The van der Waals surface area contributed by atoms with Crippen molar-refractivity contribution < 1.29 is 0 Å². The van der Waals surface area contributed by atoms with Crippen LogP contribution in [0.15, 0.2) is 29.2 Å². The van der Waals surface area contributed by atoms with Gasteiger partial charge in [0.2, 0.25) is 0 Å². The van der Waals surface area contributed by atoms with E-state index in [4.69, 9.17) is 0 Å². The van der Waals surface area contributed by atoms with Crippen molar-refractivity contribution in [3.05, 3.63) is 24.3 Å². The van der Waals surface area contributed by atoms with Crippen molar-refractivity contribution in [1.29, 1.82) is 0 Å². The highest BCUT2D eigenvalue weighted by Gasteiger charge is 1.94. The molecule has 1 aromatic rings. The summed E-state index contributed by atoms with van der Waals surface area (Å²) < 4.78 is 0. The first-order chi connectivity index (χ1) is 6.72. The van der Waals surface area contributed by atoms with Crippen molar-refractivity contribution in [2.75, 3.05) is 38.8 Å². The van der Waals surface area contributed by atoms with Crippen LogP contribution in [0.3, 0.4) is 0 Å². The Morgan fingerprint density at radius 1 is 1.36 bits per heavy atom. The number of hydrogen-bond acceptors (Lipinski definition) is 3. The van der Waals surface area contributed by atoms with Crippen molar-refractivity contribution in [3.63, 3.8) is 0 Å². The van der Waals surface area contributed by atoms with E-state index in [1.807, 2.05) is 0 Å². The molecule has 2 nitrogen and oxygen atoms in total. The van der Waals surface area contributed by atoms with Gasteiger partial charge >= 0.3 is 0 Å². The fraction of sp³-hybridized carbons (Fsp3) is 0.455. The second kappa shape index (κ2) is 5.94. The zero-order valence-electron chi connectivity index (χ0n) is 9.08. The molecule has 0 atom stereocenters. The fourth-order valence-electron chi connectivity index (χ4n) is 1.16. The number of thioether (sulfide) groups is 1. The summed E-state index contributed by atoms with van der Waals surface area (Å²) in [5, 5.41) is 3.40. The Labute approximate surface area is 90.7 Å². The van der Waals surface area contributed by atoms with Gasteiger partial charge < -0.3 is 10.2 Å². The number of rotatable bonds is 5. The molecule has 0 aliphatic carbocycles. The van der Waals surface area contributed by atoms with Crippen LogP contribution in [0.4, 0.5) is 5.69 Å². The van der Waals surface area contributed by atoms with Gasteiger partial charge in [-0.3, -0.25) is 0 Å². The van der Waals surface area contributed by atoms with E-state index in [0.717, 1.165) is 13.1 Å². The first-order valence-electron chi connectivity index (χ1n) is 4.75. The van der Waals surface area contributed by atoms with Crippen molar-refractivity contribution in [1.82, 2.24) is 4.90 Å². The molecule has 0 fully saturated rings. The van der Waals surface area contributed by atoms with Gasteiger partial charge in [0.15, 0.2) is 0 Å². The van der Waals surface area contributed by atoms with E-state index in [1.165, 1.54) is 10.6 Å². The number of nitrogens with zero attached hydrogens (tertiary/aromatic N) is 1. The topological polar surface area (TPSA) is 15.3 Å². The van der Waals surface area contributed by atoms with Crippen LogP contribution in [0.2, 0.25) is 0 Å². The zero-order chi connectivity index (χ0) is 10.4. The van der Waals surface area contributed by atoms with Crippen molar-refractivity contribution in [2.45, 2.75) is 4.90 Å². The summed E-state index contributed by atoms with van der Waals surface area (Å²) in [5.74, 6) is 0. The molecule has 1 N–H and O–H groups in total. The molecule has 1 aromatic carbocycles. The summed E-state index contributed by atoms with van der Waals surface area (Å²) in [4.78, 5) is 3.48. The van der Waals surface area contributed by atoms with Gasteiger partial charge in [0, 0.05) is 23.7 Å². The van der Waals surface area contributed by atoms with Gasteiger partial charge in [-0.2, -0.15) is 0 Å². The second-order valence-electron chi connectivity index (χ2n) is 3.46. The lowest BCUT2D eigenvalue weighted by Crippen LogP contribution is -2.20. The first-order valence-corrected chi connectivity index (χ1v) is 5.97. The average Bonchev–Trinajstić information content (AvgIpc) is 2.18. The van der Waals surface area contributed by atoms with Gasteiger partial charge in [-0.1, -0.05) is 6.07 Å². The van der Waals surface area contributed by atoms with Gasteiger partial charge in [-0.25, -0.2) is 0 Å². The summed E-state index contributed by atoms with van der Waals surface area (Å²) in [6, 6.07) is 8.50. The van der Waals surface area contributed by atoms with Gasteiger partial charge in [-0.15, -0.1) is 11.8 Å². The van der Waals surface area contributed by atoms with E-state index in [-0.39, 0.29) is 0 Å². The van der Waals surface area contributed by atoms with Gasteiger partial charge in [-0.05, 0) is 38.6 Å². The molecule has 0 aliphatic heterocycles. The largest absolute Gasteiger partial charge is 0.384 e. The molecule has 0 radical (unpaired) electrons. The van der Waals surface area contributed by atoms with Crippen LogP contribution in [-0.2, 0) is 0 Å². The second-order valence-corrected chi connectivity index (χ2v) is 4.34. The molecule has 0 saturated heterocycles.